The molecule has 0 aliphatic carbocycles. The molecular weight excluding hydrogens is 592 g/mol. The number of nitrogens with one attached hydrogen (secondary N) is 2. The van der Waals surface area contributed by atoms with Crippen LogP contribution >= 0.6 is 0 Å². The van der Waals surface area contributed by atoms with Crippen LogP contribution in [-0.2, 0) is 13.6 Å². The average molecular weight is 621 g/mol. The number of benzene rings is 2. The molecule has 0 fully saturated rings. The number of rotatable bonds is 7. The lowest BCUT2D eigenvalue weighted by molar-refractivity contribution is 0.621. The molecule has 0 aliphatic rings. The van der Waals surface area contributed by atoms with E-state index in [9.17, 15) is 9.59 Å². The molecule has 0 saturated heterocycles. The van der Waals surface area contributed by atoms with Crippen LogP contribution in [-0.4, -0.2) is 29.5 Å². The van der Waals surface area contributed by atoms with Crippen molar-refractivity contribution in [3.63, 3.8) is 0 Å². The SMILES string of the molecule is CCn1nc(-c2cccnc2)cc(Nc2ccc(C#N)cc2)c1=O.Cn1nc(-c2cccnc2)cc(Nc2ccc(C#N)cc2)c1=O. The molecule has 2 aromatic carbocycles. The largest absolute Gasteiger partial charge is 0.351 e. The third-order valence-electron chi connectivity index (χ3n) is 6.84. The third kappa shape index (κ3) is 7.78. The van der Waals surface area contributed by atoms with E-state index >= 15 is 0 Å². The summed E-state index contributed by atoms with van der Waals surface area (Å²) in [6, 6.07) is 28.8. The Bertz CT molecular complexity index is 2180. The van der Waals surface area contributed by atoms with Gasteiger partial charge in [0, 0.05) is 60.9 Å². The minimum Gasteiger partial charge on any atom is -0.351 e. The van der Waals surface area contributed by atoms with E-state index in [1.54, 1.807) is 92.5 Å². The molecule has 12 nitrogen and oxygen atoms in total. The second-order valence-corrected chi connectivity index (χ2v) is 10.0. The highest BCUT2D eigenvalue weighted by molar-refractivity contribution is 5.68. The van der Waals surface area contributed by atoms with Gasteiger partial charge in [-0.2, -0.15) is 20.7 Å². The number of hydrogen-bond donors (Lipinski definition) is 2. The quantitative estimate of drug-likeness (QED) is 0.236. The lowest BCUT2D eigenvalue weighted by Gasteiger charge is -2.11. The number of nitriles is 2. The normalized spacial score (nSPS) is 10.1. The monoisotopic (exact) mass is 620 g/mol. The smallest absolute Gasteiger partial charge is 0.290 e. The van der Waals surface area contributed by atoms with Gasteiger partial charge in [0.25, 0.3) is 11.1 Å². The van der Waals surface area contributed by atoms with E-state index in [0.29, 0.717) is 40.4 Å². The second-order valence-electron chi connectivity index (χ2n) is 10.0. The Hall–Kier alpha value is -6.92. The van der Waals surface area contributed by atoms with Gasteiger partial charge in [-0.3, -0.25) is 19.6 Å². The zero-order chi connectivity index (χ0) is 33.2. The molecule has 4 aromatic heterocycles. The minimum atomic E-state index is -0.234. The Kier molecular flexibility index (Phi) is 9.86. The summed E-state index contributed by atoms with van der Waals surface area (Å²) < 4.78 is 2.70. The molecule has 4 heterocycles. The maximum absolute atomic E-state index is 12.5. The summed E-state index contributed by atoms with van der Waals surface area (Å²) >= 11 is 0. The van der Waals surface area contributed by atoms with E-state index in [0.717, 1.165) is 22.5 Å². The molecule has 6 aromatic rings. The van der Waals surface area contributed by atoms with Gasteiger partial charge in [0.05, 0.1) is 34.7 Å². The molecule has 0 amide bonds. The van der Waals surface area contributed by atoms with Crippen molar-refractivity contribution in [3.05, 3.63) is 142 Å². The van der Waals surface area contributed by atoms with Crippen LogP contribution in [0.15, 0.2) is 119 Å². The van der Waals surface area contributed by atoms with Gasteiger partial charge in [-0.05, 0) is 91.9 Å². The fourth-order valence-corrected chi connectivity index (χ4v) is 4.42. The summed E-state index contributed by atoms with van der Waals surface area (Å²) in [4.78, 5) is 32.9. The van der Waals surface area contributed by atoms with E-state index in [2.05, 4.69) is 42.9 Å². The molecule has 0 atom stereocenters. The number of aryl methyl sites for hydroxylation is 2. The van der Waals surface area contributed by atoms with Gasteiger partial charge in [-0.15, -0.1) is 0 Å². The van der Waals surface area contributed by atoms with Crippen molar-refractivity contribution in [3.8, 4) is 34.7 Å². The summed E-state index contributed by atoms with van der Waals surface area (Å²) in [5.74, 6) is 0. The van der Waals surface area contributed by atoms with Gasteiger partial charge in [0.2, 0.25) is 0 Å². The minimum absolute atomic E-state index is 0.200. The highest BCUT2D eigenvalue weighted by Crippen LogP contribution is 2.21. The summed E-state index contributed by atoms with van der Waals surface area (Å²) in [5, 5.41) is 32.5. The van der Waals surface area contributed by atoms with Crippen molar-refractivity contribution in [2.45, 2.75) is 13.5 Å². The Morgan fingerprint density at radius 2 is 1.15 bits per heavy atom. The van der Waals surface area contributed by atoms with Crippen molar-refractivity contribution in [2.75, 3.05) is 10.6 Å². The number of anilines is 4. The first-order chi connectivity index (χ1) is 22.9. The molecule has 0 unspecified atom stereocenters. The maximum atomic E-state index is 12.5. The van der Waals surface area contributed by atoms with Crippen molar-refractivity contribution in [1.82, 2.24) is 29.5 Å². The molecule has 0 aliphatic heterocycles. The van der Waals surface area contributed by atoms with Crippen molar-refractivity contribution >= 4 is 22.7 Å². The van der Waals surface area contributed by atoms with Crippen LogP contribution in [0.25, 0.3) is 22.5 Å². The predicted octanol–water partition coefficient (Wildman–Crippen LogP) is 5.40. The Labute approximate surface area is 269 Å². The standard InChI is InChI=1S/C18H15N5O.C17H13N5O/c1-2-23-18(24)17(21-15-7-5-13(11-19)6-8-15)10-16(22-23)14-4-3-9-20-12-14;1-22-17(23)16(20-14-6-4-12(10-18)5-7-14)9-15(21-22)13-3-2-8-19-11-13/h3-10,12,21H,2H2,1H3;2-9,11,20H,1H3. The van der Waals surface area contributed by atoms with Crippen molar-refractivity contribution in [2.24, 2.45) is 7.05 Å². The Morgan fingerprint density at radius 1 is 0.681 bits per heavy atom. The van der Waals surface area contributed by atoms with Gasteiger partial charge in [-0.1, -0.05) is 0 Å². The van der Waals surface area contributed by atoms with E-state index < -0.39 is 0 Å². The van der Waals surface area contributed by atoms with Crippen molar-refractivity contribution in [1.29, 1.82) is 10.5 Å². The van der Waals surface area contributed by atoms with Crippen LogP contribution in [0, 0.1) is 22.7 Å². The topological polar surface area (TPSA) is 167 Å². The number of pyridine rings is 2. The van der Waals surface area contributed by atoms with Crippen LogP contribution in [0.2, 0.25) is 0 Å². The lowest BCUT2D eigenvalue weighted by atomic mass is 10.2. The summed E-state index contributed by atoms with van der Waals surface area (Å²) in [6.45, 7) is 2.34. The first-order valence-electron chi connectivity index (χ1n) is 14.4. The lowest BCUT2D eigenvalue weighted by Crippen LogP contribution is -2.24. The average Bonchev–Trinajstić information content (AvgIpc) is 3.12. The fraction of sp³-hybridized carbons (Fsp3) is 0.0857. The maximum Gasteiger partial charge on any atom is 0.290 e. The van der Waals surface area contributed by atoms with Crippen LogP contribution in [0.5, 0.6) is 0 Å². The summed E-state index contributed by atoms with van der Waals surface area (Å²) in [6.07, 6.45) is 6.77. The summed E-state index contributed by atoms with van der Waals surface area (Å²) in [7, 11) is 1.60. The Balaban J connectivity index is 0.000000185. The summed E-state index contributed by atoms with van der Waals surface area (Å²) in [5.41, 5.74) is 5.97. The fourth-order valence-electron chi connectivity index (χ4n) is 4.42. The van der Waals surface area contributed by atoms with Gasteiger partial charge >= 0.3 is 0 Å². The van der Waals surface area contributed by atoms with Crippen molar-refractivity contribution < 1.29 is 0 Å². The van der Waals surface area contributed by atoms with E-state index in [1.807, 2.05) is 31.2 Å². The highest BCUT2D eigenvalue weighted by Gasteiger charge is 2.11. The zero-order valence-corrected chi connectivity index (χ0v) is 25.5. The van der Waals surface area contributed by atoms with Crippen LogP contribution < -0.4 is 21.8 Å². The zero-order valence-electron chi connectivity index (χ0n) is 25.5. The molecular formula is C35H28N10O2. The Morgan fingerprint density at radius 3 is 1.57 bits per heavy atom. The molecule has 6 rings (SSSR count). The molecule has 0 radical (unpaired) electrons. The first-order valence-corrected chi connectivity index (χ1v) is 14.4. The molecule has 0 saturated carbocycles. The van der Waals surface area contributed by atoms with E-state index in [-0.39, 0.29) is 11.1 Å². The van der Waals surface area contributed by atoms with Gasteiger partial charge < -0.3 is 10.6 Å². The molecule has 0 spiro atoms. The number of aromatic nitrogens is 6. The van der Waals surface area contributed by atoms with Crippen LogP contribution in [0.4, 0.5) is 22.7 Å². The molecule has 230 valence electrons. The molecule has 2 N–H and O–H groups in total. The second kappa shape index (κ2) is 14.7. The van der Waals surface area contributed by atoms with Crippen LogP contribution in [0.3, 0.4) is 0 Å². The number of hydrogen-bond acceptors (Lipinski definition) is 10. The van der Waals surface area contributed by atoms with Crippen LogP contribution in [0.1, 0.15) is 18.1 Å². The highest BCUT2D eigenvalue weighted by atomic mass is 16.1. The molecule has 12 heteroatoms. The first kappa shape index (κ1) is 31.5. The predicted molar refractivity (Wildman–Crippen MR) is 179 cm³/mol. The third-order valence-corrected chi connectivity index (χ3v) is 6.84. The molecule has 47 heavy (non-hydrogen) atoms. The van der Waals surface area contributed by atoms with Gasteiger partial charge in [0.1, 0.15) is 11.4 Å². The molecule has 0 bridgehead atoms. The van der Waals surface area contributed by atoms with E-state index in [4.69, 9.17) is 10.5 Å². The number of nitrogens with zero attached hydrogens (tertiary/aromatic N) is 8. The van der Waals surface area contributed by atoms with E-state index in [1.165, 1.54) is 9.36 Å². The van der Waals surface area contributed by atoms with Gasteiger partial charge in [0.15, 0.2) is 0 Å². The van der Waals surface area contributed by atoms with Gasteiger partial charge in [-0.25, -0.2) is 9.36 Å².